The van der Waals surface area contributed by atoms with Crippen molar-refractivity contribution in [1.82, 2.24) is 19.4 Å². The Kier molecular flexibility index (Phi) is 4.20. The summed E-state index contributed by atoms with van der Waals surface area (Å²) in [6.45, 7) is 5.24. The van der Waals surface area contributed by atoms with E-state index in [9.17, 15) is 4.79 Å². The molecular formula is C17H23N5O2. The number of nitrogens with zero attached hydrogens (tertiary/aromatic N) is 5. The van der Waals surface area contributed by atoms with Gasteiger partial charge in [-0.1, -0.05) is 0 Å². The molecule has 7 heteroatoms. The van der Waals surface area contributed by atoms with E-state index in [2.05, 4.69) is 26.8 Å². The fourth-order valence-corrected chi connectivity index (χ4v) is 3.37. The quantitative estimate of drug-likeness (QED) is 0.827. The van der Waals surface area contributed by atoms with E-state index in [4.69, 9.17) is 4.74 Å². The van der Waals surface area contributed by atoms with Gasteiger partial charge in [-0.25, -0.2) is 9.97 Å². The second kappa shape index (κ2) is 6.49. The molecule has 4 heterocycles. The molecule has 4 rings (SSSR count). The SMILES string of the molecule is CN1CCN(c2ncc3c(=O)n(C[C@@H]4CCCO4)ccc3n2)CC1. The van der Waals surface area contributed by atoms with Gasteiger partial charge in [-0.2, -0.15) is 0 Å². The molecule has 0 amide bonds. The van der Waals surface area contributed by atoms with Crippen molar-refractivity contribution in [3.63, 3.8) is 0 Å². The first-order chi connectivity index (χ1) is 11.7. The molecule has 7 nitrogen and oxygen atoms in total. The van der Waals surface area contributed by atoms with Crippen molar-refractivity contribution in [2.24, 2.45) is 0 Å². The summed E-state index contributed by atoms with van der Waals surface area (Å²) in [5.74, 6) is 0.715. The lowest BCUT2D eigenvalue weighted by atomic mass is 10.2. The van der Waals surface area contributed by atoms with Crippen molar-refractivity contribution in [2.45, 2.75) is 25.5 Å². The number of fused-ring (bicyclic) bond motifs is 1. The number of aromatic nitrogens is 3. The standard InChI is InChI=1S/C17H23N5O2/c1-20-6-8-21(9-7-20)17-18-11-14-15(19-17)4-5-22(16(14)23)12-13-3-2-10-24-13/h4-5,11,13H,2-3,6-10,12H2,1H3/t13-/m0/s1. The molecule has 0 aliphatic carbocycles. The van der Waals surface area contributed by atoms with Gasteiger partial charge in [0.05, 0.1) is 23.6 Å². The van der Waals surface area contributed by atoms with Gasteiger partial charge in [0.2, 0.25) is 5.95 Å². The minimum atomic E-state index is -0.0343. The third-order valence-electron chi connectivity index (χ3n) is 4.92. The van der Waals surface area contributed by atoms with E-state index in [0.29, 0.717) is 23.4 Å². The Morgan fingerprint density at radius 2 is 2.12 bits per heavy atom. The van der Waals surface area contributed by atoms with Crippen molar-refractivity contribution in [1.29, 1.82) is 0 Å². The molecule has 2 aliphatic heterocycles. The first-order valence-electron chi connectivity index (χ1n) is 8.62. The zero-order valence-corrected chi connectivity index (χ0v) is 14.0. The highest BCUT2D eigenvalue weighted by molar-refractivity contribution is 5.77. The Labute approximate surface area is 140 Å². The lowest BCUT2D eigenvalue weighted by Gasteiger charge is -2.32. The average Bonchev–Trinajstić information content (AvgIpc) is 3.11. The summed E-state index contributed by atoms with van der Waals surface area (Å²) < 4.78 is 7.35. The zero-order chi connectivity index (χ0) is 16.5. The Hall–Kier alpha value is -1.99. The molecule has 2 aliphatic rings. The predicted molar refractivity (Wildman–Crippen MR) is 92.5 cm³/mol. The van der Waals surface area contributed by atoms with Crippen LogP contribution in [0.25, 0.3) is 10.9 Å². The van der Waals surface area contributed by atoms with Gasteiger partial charge in [0.1, 0.15) is 0 Å². The van der Waals surface area contributed by atoms with E-state index in [1.165, 1.54) is 0 Å². The van der Waals surface area contributed by atoms with Crippen LogP contribution in [0.2, 0.25) is 0 Å². The maximum Gasteiger partial charge on any atom is 0.261 e. The van der Waals surface area contributed by atoms with E-state index in [-0.39, 0.29) is 11.7 Å². The molecule has 0 bridgehead atoms. The minimum absolute atomic E-state index is 0.0343. The molecule has 0 spiro atoms. The van der Waals surface area contributed by atoms with Crippen molar-refractivity contribution in [3.8, 4) is 0 Å². The molecule has 128 valence electrons. The van der Waals surface area contributed by atoms with Gasteiger partial charge in [-0.15, -0.1) is 0 Å². The summed E-state index contributed by atoms with van der Waals surface area (Å²) in [5, 5.41) is 0.577. The Morgan fingerprint density at radius 3 is 2.88 bits per heavy atom. The molecule has 2 aromatic heterocycles. The van der Waals surface area contributed by atoms with Crippen LogP contribution in [0.4, 0.5) is 5.95 Å². The lowest BCUT2D eigenvalue weighted by molar-refractivity contribution is 0.0963. The molecule has 24 heavy (non-hydrogen) atoms. The molecule has 2 saturated heterocycles. The zero-order valence-electron chi connectivity index (χ0n) is 14.0. The van der Waals surface area contributed by atoms with Crippen LogP contribution in [-0.2, 0) is 11.3 Å². The maximum atomic E-state index is 12.7. The van der Waals surface area contributed by atoms with Gasteiger partial charge < -0.3 is 19.1 Å². The van der Waals surface area contributed by atoms with Crippen LogP contribution in [-0.4, -0.2) is 65.4 Å². The van der Waals surface area contributed by atoms with Gasteiger partial charge >= 0.3 is 0 Å². The van der Waals surface area contributed by atoms with Crippen LogP contribution in [0.3, 0.4) is 0 Å². The Morgan fingerprint density at radius 1 is 1.29 bits per heavy atom. The van der Waals surface area contributed by atoms with E-state index < -0.39 is 0 Å². The van der Waals surface area contributed by atoms with Crippen LogP contribution in [0.5, 0.6) is 0 Å². The monoisotopic (exact) mass is 329 g/mol. The van der Waals surface area contributed by atoms with Crippen LogP contribution < -0.4 is 10.5 Å². The number of hydrogen-bond acceptors (Lipinski definition) is 6. The molecule has 2 aromatic rings. The summed E-state index contributed by atoms with van der Waals surface area (Å²) in [6, 6.07) is 1.91. The number of piperazine rings is 1. The third-order valence-corrected chi connectivity index (χ3v) is 4.92. The smallest absolute Gasteiger partial charge is 0.261 e. The molecule has 0 unspecified atom stereocenters. The molecule has 0 radical (unpaired) electrons. The number of anilines is 1. The summed E-state index contributed by atoms with van der Waals surface area (Å²) in [5.41, 5.74) is 0.681. The minimum Gasteiger partial charge on any atom is -0.376 e. The second-order valence-electron chi connectivity index (χ2n) is 6.67. The normalized spacial score (nSPS) is 22.4. The highest BCUT2D eigenvalue weighted by atomic mass is 16.5. The van der Waals surface area contributed by atoms with E-state index in [1.54, 1.807) is 10.8 Å². The number of likely N-dealkylation sites (N-methyl/N-ethyl adjacent to an activating group) is 1. The first kappa shape index (κ1) is 15.5. The second-order valence-corrected chi connectivity index (χ2v) is 6.67. The molecule has 0 saturated carbocycles. The summed E-state index contributed by atoms with van der Waals surface area (Å²) in [7, 11) is 2.12. The van der Waals surface area contributed by atoms with Crippen molar-refractivity contribution >= 4 is 16.9 Å². The van der Waals surface area contributed by atoms with Gasteiger partial charge in [-0.05, 0) is 26.0 Å². The van der Waals surface area contributed by atoms with Gasteiger partial charge in [0.15, 0.2) is 0 Å². The number of pyridine rings is 1. The number of rotatable bonds is 3. The highest BCUT2D eigenvalue weighted by Gasteiger charge is 2.19. The topological polar surface area (TPSA) is 63.5 Å². The molecule has 2 fully saturated rings. The van der Waals surface area contributed by atoms with Crippen molar-refractivity contribution in [2.75, 3.05) is 44.7 Å². The maximum absolute atomic E-state index is 12.7. The third kappa shape index (κ3) is 3.01. The van der Waals surface area contributed by atoms with E-state index in [0.717, 1.165) is 45.6 Å². The van der Waals surface area contributed by atoms with E-state index in [1.807, 2.05) is 12.3 Å². The largest absolute Gasteiger partial charge is 0.376 e. The molecular weight excluding hydrogens is 306 g/mol. The van der Waals surface area contributed by atoms with Crippen molar-refractivity contribution in [3.05, 3.63) is 28.8 Å². The van der Waals surface area contributed by atoms with Gasteiger partial charge in [0, 0.05) is 45.2 Å². The first-order valence-corrected chi connectivity index (χ1v) is 8.62. The van der Waals surface area contributed by atoms with Gasteiger partial charge in [-0.3, -0.25) is 4.79 Å². The Bertz CT molecular complexity index is 776. The van der Waals surface area contributed by atoms with Gasteiger partial charge in [0.25, 0.3) is 5.56 Å². The van der Waals surface area contributed by atoms with E-state index >= 15 is 0 Å². The summed E-state index contributed by atoms with van der Waals surface area (Å²) in [6.07, 6.45) is 5.73. The lowest BCUT2D eigenvalue weighted by Crippen LogP contribution is -2.45. The van der Waals surface area contributed by atoms with Crippen LogP contribution in [0.15, 0.2) is 23.3 Å². The number of hydrogen-bond donors (Lipinski definition) is 0. The Balaban J connectivity index is 1.60. The van der Waals surface area contributed by atoms with Crippen LogP contribution in [0.1, 0.15) is 12.8 Å². The molecule has 0 N–H and O–H groups in total. The average molecular weight is 329 g/mol. The highest BCUT2D eigenvalue weighted by Crippen LogP contribution is 2.16. The summed E-state index contributed by atoms with van der Waals surface area (Å²) in [4.78, 5) is 26.2. The fourth-order valence-electron chi connectivity index (χ4n) is 3.37. The van der Waals surface area contributed by atoms with Crippen LogP contribution >= 0.6 is 0 Å². The number of ether oxygens (including phenoxy) is 1. The van der Waals surface area contributed by atoms with Crippen molar-refractivity contribution < 1.29 is 4.74 Å². The molecule has 1 atom stereocenters. The fraction of sp³-hybridized carbons (Fsp3) is 0.588. The predicted octanol–water partition coefficient (Wildman–Crippen LogP) is 0.722. The summed E-state index contributed by atoms with van der Waals surface area (Å²) >= 11 is 0. The van der Waals surface area contributed by atoms with Crippen LogP contribution in [0, 0.1) is 0 Å². The molecule has 0 aromatic carbocycles.